The van der Waals surface area contributed by atoms with E-state index in [2.05, 4.69) is 0 Å². The summed E-state index contributed by atoms with van der Waals surface area (Å²) in [7, 11) is 0. The second-order valence-electron chi connectivity index (χ2n) is 6.58. The molecule has 1 saturated heterocycles. The van der Waals surface area contributed by atoms with Crippen molar-refractivity contribution in [1.29, 1.82) is 0 Å². The first-order chi connectivity index (χ1) is 13.8. The van der Waals surface area contributed by atoms with Gasteiger partial charge >= 0.3 is 6.03 Å². The van der Waals surface area contributed by atoms with Crippen LogP contribution in [-0.4, -0.2) is 17.7 Å². The molecule has 0 radical (unpaired) electrons. The molecular weight excluding hydrogens is 454 g/mol. The number of aliphatic hydroxyl groups is 1. The van der Waals surface area contributed by atoms with Gasteiger partial charge in [0, 0.05) is 15.6 Å². The number of hydrogen-bond acceptors (Lipinski definition) is 2. The van der Waals surface area contributed by atoms with Gasteiger partial charge in [0.05, 0.1) is 28.0 Å². The fourth-order valence-corrected chi connectivity index (χ4v) is 4.42. The zero-order valence-electron chi connectivity index (χ0n) is 14.8. The molecule has 1 fully saturated rings. The standard InChI is InChI=1S/C21H14Cl4N2O2/c22-14-6-8-18(16(24)10-14)26-12-21(29,13-4-2-1-3-5-13)27(20(26)28)19-9-7-15(23)11-17(19)25/h1-11,29H,12H2. The van der Waals surface area contributed by atoms with Gasteiger partial charge in [0.25, 0.3) is 0 Å². The molecule has 148 valence electrons. The Balaban J connectivity index is 1.89. The maximum atomic E-state index is 13.5. The molecule has 1 atom stereocenters. The Morgan fingerprint density at radius 2 is 1.34 bits per heavy atom. The second kappa shape index (κ2) is 7.71. The molecule has 4 nitrogen and oxygen atoms in total. The highest BCUT2D eigenvalue weighted by Crippen LogP contribution is 2.44. The summed E-state index contributed by atoms with van der Waals surface area (Å²) in [6.07, 6.45) is 0. The number of β-amino-alcohol motifs (C(OH)–C–C–N with tert-alkyl or cyclic N) is 1. The normalized spacial score (nSPS) is 19.1. The Bertz CT molecular complexity index is 1090. The maximum absolute atomic E-state index is 13.5. The quantitative estimate of drug-likeness (QED) is 0.472. The van der Waals surface area contributed by atoms with Crippen LogP contribution in [-0.2, 0) is 5.72 Å². The van der Waals surface area contributed by atoms with Gasteiger partial charge in [-0.25, -0.2) is 4.79 Å². The molecular formula is C21H14Cl4N2O2. The van der Waals surface area contributed by atoms with Crippen molar-refractivity contribution in [3.05, 3.63) is 92.4 Å². The van der Waals surface area contributed by atoms with Crippen molar-refractivity contribution in [2.45, 2.75) is 5.72 Å². The fraction of sp³-hybridized carbons (Fsp3) is 0.0952. The SMILES string of the molecule is O=C1N(c2ccc(Cl)cc2Cl)CC(O)(c2ccccc2)N1c1ccc(Cl)cc1Cl. The van der Waals surface area contributed by atoms with Gasteiger partial charge in [-0.3, -0.25) is 9.80 Å². The van der Waals surface area contributed by atoms with Crippen LogP contribution in [0.15, 0.2) is 66.7 Å². The van der Waals surface area contributed by atoms with E-state index in [0.717, 1.165) is 0 Å². The van der Waals surface area contributed by atoms with E-state index in [1.807, 2.05) is 6.07 Å². The first kappa shape index (κ1) is 20.3. The van der Waals surface area contributed by atoms with Crippen LogP contribution in [0.25, 0.3) is 0 Å². The molecule has 0 spiro atoms. The van der Waals surface area contributed by atoms with E-state index in [1.54, 1.807) is 54.6 Å². The number of benzene rings is 3. The third-order valence-corrected chi connectivity index (χ3v) is 5.83. The van der Waals surface area contributed by atoms with Crippen molar-refractivity contribution in [2.75, 3.05) is 16.3 Å². The first-order valence-corrected chi connectivity index (χ1v) is 10.1. The number of hydrogen-bond donors (Lipinski definition) is 1. The summed E-state index contributed by atoms with van der Waals surface area (Å²) in [6.45, 7) is -0.0594. The summed E-state index contributed by atoms with van der Waals surface area (Å²) < 4.78 is 0. The average Bonchev–Trinajstić information content (AvgIpc) is 2.95. The third-order valence-electron chi connectivity index (χ3n) is 4.76. The van der Waals surface area contributed by atoms with E-state index in [9.17, 15) is 9.90 Å². The zero-order chi connectivity index (χ0) is 20.8. The minimum atomic E-state index is -1.68. The molecule has 1 aliphatic heterocycles. The zero-order valence-corrected chi connectivity index (χ0v) is 17.8. The van der Waals surface area contributed by atoms with Crippen molar-refractivity contribution in [3.8, 4) is 0 Å². The highest BCUT2D eigenvalue weighted by Gasteiger charge is 2.52. The maximum Gasteiger partial charge on any atom is 0.331 e. The Hall–Kier alpha value is -1.95. The summed E-state index contributed by atoms with van der Waals surface area (Å²) in [5.74, 6) is 0. The largest absolute Gasteiger partial charge is 0.365 e. The van der Waals surface area contributed by atoms with E-state index in [-0.39, 0.29) is 11.6 Å². The van der Waals surface area contributed by atoms with Crippen LogP contribution in [0.5, 0.6) is 0 Å². The van der Waals surface area contributed by atoms with Crippen LogP contribution in [0.2, 0.25) is 20.1 Å². The van der Waals surface area contributed by atoms with Crippen LogP contribution in [0.1, 0.15) is 5.56 Å². The summed E-state index contributed by atoms with van der Waals surface area (Å²) >= 11 is 24.7. The van der Waals surface area contributed by atoms with Gasteiger partial charge in [0.15, 0.2) is 5.72 Å². The number of anilines is 2. The molecule has 0 aromatic heterocycles. The molecule has 8 heteroatoms. The number of urea groups is 1. The molecule has 1 heterocycles. The van der Waals surface area contributed by atoms with Gasteiger partial charge in [-0.15, -0.1) is 0 Å². The van der Waals surface area contributed by atoms with Crippen LogP contribution in [0.3, 0.4) is 0 Å². The molecule has 0 aliphatic carbocycles. The van der Waals surface area contributed by atoms with Gasteiger partial charge in [0.2, 0.25) is 0 Å². The van der Waals surface area contributed by atoms with Crippen molar-refractivity contribution in [1.82, 2.24) is 0 Å². The molecule has 1 N–H and O–H groups in total. The number of nitrogens with zero attached hydrogens (tertiary/aromatic N) is 2. The molecule has 2 amide bonds. The Morgan fingerprint density at radius 1 is 0.793 bits per heavy atom. The molecule has 3 aromatic rings. The molecule has 0 saturated carbocycles. The summed E-state index contributed by atoms with van der Waals surface area (Å²) in [6, 6.07) is 18.0. The number of carbonyl (C=O) groups excluding carboxylic acids is 1. The predicted molar refractivity (Wildman–Crippen MR) is 118 cm³/mol. The fourth-order valence-electron chi connectivity index (χ4n) is 3.42. The summed E-state index contributed by atoms with van der Waals surface area (Å²) in [4.78, 5) is 16.1. The van der Waals surface area contributed by atoms with E-state index in [1.165, 1.54) is 15.9 Å². The first-order valence-electron chi connectivity index (χ1n) is 8.61. The highest BCUT2D eigenvalue weighted by molar-refractivity contribution is 6.38. The van der Waals surface area contributed by atoms with Gasteiger partial charge in [0.1, 0.15) is 0 Å². The second-order valence-corrected chi connectivity index (χ2v) is 8.27. The Labute approximate surface area is 187 Å². The lowest BCUT2D eigenvalue weighted by Crippen LogP contribution is -2.45. The summed E-state index contributed by atoms with van der Waals surface area (Å²) in [5, 5.41) is 13.1. The van der Waals surface area contributed by atoms with Gasteiger partial charge < -0.3 is 5.11 Å². The van der Waals surface area contributed by atoms with Crippen molar-refractivity contribution < 1.29 is 9.90 Å². The van der Waals surface area contributed by atoms with Crippen molar-refractivity contribution in [2.24, 2.45) is 0 Å². The van der Waals surface area contributed by atoms with Crippen LogP contribution in [0.4, 0.5) is 16.2 Å². The number of carbonyl (C=O) groups is 1. The van der Waals surface area contributed by atoms with Crippen molar-refractivity contribution in [3.63, 3.8) is 0 Å². The Kier molecular flexibility index (Phi) is 5.40. The third kappa shape index (κ3) is 3.56. The molecule has 29 heavy (non-hydrogen) atoms. The monoisotopic (exact) mass is 466 g/mol. The van der Waals surface area contributed by atoms with Crippen LogP contribution < -0.4 is 9.80 Å². The minimum Gasteiger partial charge on any atom is -0.365 e. The summed E-state index contributed by atoms with van der Waals surface area (Å²) in [5.41, 5.74) is -0.381. The van der Waals surface area contributed by atoms with Crippen LogP contribution in [0, 0.1) is 0 Å². The number of amides is 2. The molecule has 3 aromatic carbocycles. The van der Waals surface area contributed by atoms with E-state index in [4.69, 9.17) is 46.4 Å². The molecule has 1 unspecified atom stereocenters. The lowest BCUT2D eigenvalue weighted by atomic mass is 10.0. The van der Waals surface area contributed by atoms with E-state index >= 15 is 0 Å². The number of halogens is 4. The van der Waals surface area contributed by atoms with Gasteiger partial charge in [-0.2, -0.15) is 0 Å². The predicted octanol–water partition coefficient (Wildman–Crippen LogP) is 6.59. The topological polar surface area (TPSA) is 43.8 Å². The molecule has 1 aliphatic rings. The van der Waals surface area contributed by atoms with Crippen molar-refractivity contribution >= 4 is 63.8 Å². The molecule has 0 bridgehead atoms. The Morgan fingerprint density at radius 3 is 1.90 bits per heavy atom. The molecule has 4 rings (SSSR count). The lowest BCUT2D eigenvalue weighted by Gasteiger charge is -2.32. The lowest BCUT2D eigenvalue weighted by molar-refractivity contribution is 0.0655. The average molecular weight is 468 g/mol. The van der Waals surface area contributed by atoms with E-state index < -0.39 is 11.8 Å². The van der Waals surface area contributed by atoms with Gasteiger partial charge in [-0.1, -0.05) is 76.7 Å². The smallest absolute Gasteiger partial charge is 0.331 e. The minimum absolute atomic E-state index is 0.0594. The van der Waals surface area contributed by atoms with Gasteiger partial charge in [-0.05, 0) is 36.4 Å². The van der Waals surface area contributed by atoms with E-state index in [0.29, 0.717) is 32.0 Å². The number of rotatable bonds is 3. The highest BCUT2D eigenvalue weighted by atomic mass is 35.5. The van der Waals surface area contributed by atoms with Crippen LogP contribution >= 0.6 is 46.4 Å².